The molecule has 0 radical (unpaired) electrons. The topological polar surface area (TPSA) is 78.9 Å². The molecular weight excluding hydrogens is 429 g/mol. The first-order valence-corrected chi connectivity index (χ1v) is 10.6. The summed E-state index contributed by atoms with van der Waals surface area (Å²) < 4.78 is 13.8. The summed E-state index contributed by atoms with van der Waals surface area (Å²) in [4.78, 5) is 21.1. The fourth-order valence-corrected chi connectivity index (χ4v) is 3.56. The minimum absolute atomic E-state index is 0.232. The number of nitrogens with one attached hydrogen (secondary N) is 3. The Bertz CT molecular complexity index is 1460. The van der Waals surface area contributed by atoms with Crippen molar-refractivity contribution in [2.45, 2.75) is 0 Å². The molecule has 0 bridgehead atoms. The number of nitrogens with zero attached hydrogens (tertiary/aromatic N) is 2. The molecule has 3 N–H and O–H groups in total. The van der Waals surface area contributed by atoms with Gasteiger partial charge in [0.05, 0.1) is 5.52 Å². The Morgan fingerprint density at radius 2 is 1.47 bits per heavy atom. The van der Waals surface area contributed by atoms with E-state index in [1.54, 1.807) is 48.9 Å². The SMILES string of the molecule is O=C(Nc1ccc(Nc2ccncc2)cc1)c1cccc(Nc2ccnc3ccc(F)cc23)c1. The molecule has 0 aliphatic carbocycles. The average Bonchev–Trinajstić information content (AvgIpc) is 2.86. The fourth-order valence-electron chi connectivity index (χ4n) is 3.56. The molecule has 2 heterocycles. The maximum absolute atomic E-state index is 13.8. The van der Waals surface area contributed by atoms with Crippen LogP contribution in [0.5, 0.6) is 0 Å². The summed E-state index contributed by atoms with van der Waals surface area (Å²) in [5, 5.41) is 10.1. The quantitative estimate of drug-likeness (QED) is 0.275. The summed E-state index contributed by atoms with van der Waals surface area (Å²) in [7, 11) is 0. The van der Waals surface area contributed by atoms with E-state index in [1.807, 2.05) is 42.5 Å². The molecular formula is C27H20FN5O. The second-order valence-electron chi connectivity index (χ2n) is 7.62. The van der Waals surface area contributed by atoms with Gasteiger partial charge in [0.15, 0.2) is 0 Å². The Balaban J connectivity index is 1.29. The van der Waals surface area contributed by atoms with E-state index in [1.165, 1.54) is 12.1 Å². The summed E-state index contributed by atoms with van der Waals surface area (Å²) in [5.41, 5.74) is 5.10. The van der Waals surface area contributed by atoms with Gasteiger partial charge in [0, 0.05) is 58.0 Å². The van der Waals surface area contributed by atoms with Crippen molar-refractivity contribution < 1.29 is 9.18 Å². The standard InChI is InChI=1S/C27H20FN5O/c28-19-4-9-25-24(17-19)26(12-15-30-25)32-23-3-1-2-18(16-23)27(34)33-21-7-5-20(6-8-21)31-22-10-13-29-14-11-22/h1-17H,(H,29,31)(H,30,32)(H,33,34). The first kappa shape index (κ1) is 21.1. The predicted octanol–water partition coefficient (Wildman–Crippen LogP) is 6.51. The van der Waals surface area contributed by atoms with Crippen LogP contribution in [0.1, 0.15) is 10.4 Å². The normalized spacial score (nSPS) is 10.6. The number of rotatable bonds is 6. The van der Waals surface area contributed by atoms with Gasteiger partial charge in [0.2, 0.25) is 0 Å². The van der Waals surface area contributed by atoms with Gasteiger partial charge in [-0.3, -0.25) is 14.8 Å². The van der Waals surface area contributed by atoms with Gasteiger partial charge in [-0.05, 0) is 78.9 Å². The van der Waals surface area contributed by atoms with E-state index < -0.39 is 0 Å². The number of aromatic nitrogens is 2. The maximum atomic E-state index is 13.8. The van der Waals surface area contributed by atoms with E-state index in [0.29, 0.717) is 33.5 Å². The predicted molar refractivity (Wildman–Crippen MR) is 133 cm³/mol. The number of halogens is 1. The molecule has 0 saturated carbocycles. The molecule has 0 spiro atoms. The molecule has 0 unspecified atom stereocenters. The number of pyridine rings is 2. The van der Waals surface area contributed by atoms with Crippen LogP contribution in [0.15, 0.2) is 104 Å². The smallest absolute Gasteiger partial charge is 0.255 e. The number of benzene rings is 3. The molecule has 1 amide bonds. The molecule has 5 rings (SSSR count). The highest BCUT2D eigenvalue weighted by Gasteiger charge is 2.09. The molecule has 6 nitrogen and oxygen atoms in total. The molecule has 0 atom stereocenters. The van der Waals surface area contributed by atoms with Crippen molar-refractivity contribution >= 4 is 45.2 Å². The molecule has 166 valence electrons. The molecule has 2 aromatic heterocycles. The Morgan fingerprint density at radius 3 is 2.29 bits per heavy atom. The Kier molecular flexibility index (Phi) is 5.82. The lowest BCUT2D eigenvalue weighted by molar-refractivity contribution is 0.102. The number of fused-ring (bicyclic) bond motifs is 1. The van der Waals surface area contributed by atoms with Gasteiger partial charge in [0.25, 0.3) is 5.91 Å². The summed E-state index contributed by atoms with van der Waals surface area (Å²) in [5.74, 6) is -0.567. The van der Waals surface area contributed by atoms with Crippen molar-refractivity contribution in [2.24, 2.45) is 0 Å². The zero-order valence-electron chi connectivity index (χ0n) is 18.0. The van der Waals surface area contributed by atoms with Crippen molar-refractivity contribution in [1.29, 1.82) is 0 Å². The summed E-state index contributed by atoms with van der Waals surface area (Å²) in [6, 6.07) is 24.6. The third kappa shape index (κ3) is 4.83. The number of amides is 1. The zero-order valence-corrected chi connectivity index (χ0v) is 18.0. The number of hydrogen-bond donors (Lipinski definition) is 3. The van der Waals surface area contributed by atoms with Crippen LogP contribution in [0.3, 0.4) is 0 Å². The zero-order chi connectivity index (χ0) is 23.3. The van der Waals surface area contributed by atoms with Gasteiger partial charge < -0.3 is 16.0 Å². The van der Waals surface area contributed by atoms with Gasteiger partial charge in [-0.15, -0.1) is 0 Å². The minimum Gasteiger partial charge on any atom is -0.355 e. The molecule has 3 aromatic carbocycles. The number of hydrogen-bond acceptors (Lipinski definition) is 5. The van der Waals surface area contributed by atoms with Crippen molar-refractivity contribution in [3.63, 3.8) is 0 Å². The molecule has 5 aromatic rings. The third-order valence-electron chi connectivity index (χ3n) is 5.22. The number of carbonyl (C=O) groups excluding carboxylic acids is 1. The van der Waals surface area contributed by atoms with E-state index in [-0.39, 0.29) is 11.7 Å². The third-order valence-corrected chi connectivity index (χ3v) is 5.22. The van der Waals surface area contributed by atoms with E-state index >= 15 is 0 Å². The van der Waals surface area contributed by atoms with Gasteiger partial charge >= 0.3 is 0 Å². The molecule has 7 heteroatoms. The fraction of sp³-hybridized carbons (Fsp3) is 0. The van der Waals surface area contributed by atoms with Crippen LogP contribution in [-0.4, -0.2) is 15.9 Å². The first-order valence-electron chi connectivity index (χ1n) is 10.6. The second-order valence-corrected chi connectivity index (χ2v) is 7.62. The van der Waals surface area contributed by atoms with Gasteiger partial charge in [-0.2, -0.15) is 0 Å². The molecule has 0 fully saturated rings. The van der Waals surface area contributed by atoms with E-state index in [4.69, 9.17) is 0 Å². The Morgan fingerprint density at radius 1 is 0.706 bits per heavy atom. The number of carbonyl (C=O) groups is 1. The highest BCUT2D eigenvalue weighted by atomic mass is 19.1. The van der Waals surface area contributed by atoms with Crippen LogP contribution in [0, 0.1) is 5.82 Å². The lowest BCUT2D eigenvalue weighted by atomic mass is 10.1. The largest absolute Gasteiger partial charge is 0.355 e. The average molecular weight is 449 g/mol. The van der Waals surface area contributed by atoms with E-state index in [9.17, 15) is 9.18 Å². The summed E-state index contributed by atoms with van der Waals surface area (Å²) >= 11 is 0. The number of anilines is 5. The Labute approximate surface area is 195 Å². The summed E-state index contributed by atoms with van der Waals surface area (Å²) in [6.45, 7) is 0. The lowest BCUT2D eigenvalue weighted by Crippen LogP contribution is -2.12. The molecule has 0 aliphatic heterocycles. The monoisotopic (exact) mass is 449 g/mol. The van der Waals surface area contributed by atoms with Crippen molar-refractivity contribution in [2.75, 3.05) is 16.0 Å². The van der Waals surface area contributed by atoms with E-state index in [0.717, 1.165) is 11.4 Å². The highest BCUT2D eigenvalue weighted by Crippen LogP contribution is 2.26. The first-order chi connectivity index (χ1) is 16.6. The van der Waals surface area contributed by atoms with Gasteiger partial charge in [0.1, 0.15) is 5.82 Å². The Hall–Kier alpha value is -4.78. The van der Waals surface area contributed by atoms with Crippen LogP contribution in [0.25, 0.3) is 10.9 Å². The second kappa shape index (κ2) is 9.38. The minimum atomic E-state index is -0.335. The molecule has 34 heavy (non-hydrogen) atoms. The maximum Gasteiger partial charge on any atom is 0.255 e. The van der Waals surface area contributed by atoms with Crippen molar-refractivity contribution in [1.82, 2.24) is 9.97 Å². The highest BCUT2D eigenvalue weighted by molar-refractivity contribution is 6.05. The lowest BCUT2D eigenvalue weighted by Gasteiger charge is -2.12. The van der Waals surface area contributed by atoms with Crippen LogP contribution < -0.4 is 16.0 Å². The van der Waals surface area contributed by atoms with Gasteiger partial charge in [-0.1, -0.05) is 6.07 Å². The van der Waals surface area contributed by atoms with Crippen molar-refractivity contribution in [3.8, 4) is 0 Å². The molecule has 0 saturated heterocycles. The van der Waals surface area contributed by atoms with Crippen LogP contribution in [0.4, 0.5) is 32.8 Å². The molecule has 0 aliphatic rings. The van der Waals surface area contributed by atoms with E-state index in [2.05, 4.69) is 25.9 Å². The van der Waals surface area contributed by atoms with Gasteiger partial charge in [-0.25, -0.2) is 4.39 Å². The van der Waals surface area contributed by atoms with Crippen molar-refractivity contribution in [3.05, 3.63) is 115 Å². The van der Waals surface area contributed by atoms with Crippen LogP contribution >= 0.6 is 0 Å². The van der Waals surface area contributed by atoms with Crippen LogP contribution in [-0.2, 0) is 0 Å². The summed E-state index contributed by atoms with van der Waals surface area (Å²) in [6.07, 6.45) is 5.09. The van der Waals surface area contributed by atoms with Crippen LogP contribution in [0.2, 0.25) is 0 Å².